The molecule has 0 aliphatic rings. The first-order valence-electron chi connectivity index (χ1n) is 4.52. The largest absolute Gasteiger partial charge is 0.462 e. The summed E-state index contributed by atoms with van der Waals surface area (Å²) in [6.07, 6.45) is 1.67. The Kier molecular flexibility index (Phi) is 2.73. The fraction of sp³-hybridized carbons (Fsp3) is 0.200. The third kappa shape index (κ3) is 1.87. The highest BCUT2D eigenvalue weighted by molar-refractivity contribution is 9.10. The Hall–Kier alpha value is -1.36. The minimum absolute atomic E-state index is 0.340. The maximum atomic E-state index is 11.6. The Balaban J connectivity index is 2.57. The zero-order valence-corrected chi connectivity index (χ0v) is 9.67. The molecule has 1 aromatic carbocycles. The van der Waals surface area contributed by atoms with Crippen LogP contribution in [0.1, 0.15) is 17.3 Å². The quantitative estimate of drug-likeness (QED) is 0.852. The number of fused-ring (bicyclic) bond motifs is 1. The molecule has 0 bridgehead atoms. The zero-order valence-electron chi connectivity index (χ0n) is 8.08. The highest BCUT2D eigenvalue weighted by Crippen LogP contribution is 2.22. The number of aromatic nitrogens is 2. The predicted octanol–water partition coefficient (Wildman–Crippen LogP) is 2.50. The maximum Gasteiger partial charge on any atom is 0.340 e. The smallest absolute Gasteiger partial charge is 0.340 e. The molecule has 4 nitrogen and oxygen atoms in total. The van der Waals surface area contributed by atoms with Crippen LogP contribution in [0.2, 0.25) is 0 Å². The summed E-state index contributed by atoms with van der Waals surface area (Å²) in [6.45, 7) is 2.14. The Labute approximate surface area is 94.7 Å². The van der Waals surface area contributed by atoms with Crippen molar-refractivity contribution in [3.63, 3.8) is 0 Å². The Morgan fingerprint density at radius 3 is 3.13 bits per heavy atom. The SMILES string of the molecule is CCOC(=O)c1cc(Br)cc2cn[nH]c12. The van der Waals surface area contributed by atoms with E-state index in [0.717, 1.165) is 9.86 Å². The van der Waals surface area contributed by atoms with E-state index in [0.29, 0.717) is 17.7 Å². The van der Waals surface area contributed by atoms with Gasteiger partial charge in [0.2, 0.25) is 0 Å². The van der Waals surface area contributed by atoms with E-state index < -0.39 is 0 Å². The van der Waals surface area contributed by atoms with E-state index >= 15 is 0 Å². The van der Waals surface area contributed by atoms with E-state index in [2.05, 4.69) is 26.1 Å². The lowest BCUT2D eigenvalue weighted by Crippen LogP contribution is -2.05. The molecular weight excluding hydrogens is 260 g/mol. The van der Waals surface area contributed by atoms with Gasteiger partial charge in [-0.3, -0.25) is 5.10 Å². The van der Waals surface area contributed by atoms with E-state index in [4.69, 9.17) is 4.74 Å². The highest BCUT2D eigenvalue weighted by Gasteiger charge is 2.13. The van der Waals surface area contributed by atoms with Gasteiger partial charge in [0, 0.05) is 9.86 Å². The molecule has 0 saturated heterocycles. The van der Waals surface area contributed by atoms with Gasteiger partial charge in [-0.2, -0.15) is 5.10 Å². The fourth-order valence-electron chi connectivity index (χ4n) is 1.39. The number of rotatable bonds is 2. The van der Waals surface area contributed by atoms with Crippen molar-refractivity contribution in [3.05, 3.63) is 28.4 Å². The zero-order chi connectivity index (χ0) is 10.8. The Morgan fingerprint density at radius 1 is 1.60 bits per heavy atom. The van der Waals surface area contributed by atoms with Gasteiger partial charge in [0.15, 0.2) is 0 Å². The van der Waals surface area contributed by atoms with Crippen LogP contribution in [-0.4, -0.2) is 22.8 Å². The van der Waals surface area contributed by atoms with Crippen molar-refractivity contribution >= 4 is 32.8 Å². The number of benzene rings is 1. The van der Waals surface area contributed by atoms with Crippen molar-refractivity contribution in [2.24, 2.45) is 0 Å². The maximum absolute atomic E-state index is 11.6. The molecule has 2 rings (SSSR count). The number of hydrogen-bond donors (Lipinski definition) is 1. The summed E-state index contributed by atoms with van der Waals surface area (Å²) in [6, 6.07) is 3.61. The van der Waals surface area contributed by atoms with Crippen molar-refractivity contribution < 1.29 is 9.53 Å². The van der Waals surface area contributed by atoms with E-state index in [-0.39, 0.29) is 5.97 Å². The molecule has 0 fully saturated rings. The van der Waals surface area contributed by atoms with E-state index in [1.165, 1.54) is 0 Å². The number of esters is 1. The summed E-state index contributed by atoms with van der Waals surface area (Å²) >= 11 is 3.34. The first-order chi connectivity index (χ1) is 7.22. The molecule has 0 radical (unpaired) electrons. The van der Waals surface area contributed by atoms with Crippen LogP contribution in [0, 0.1) is 0 Å². The minimum Gasteiger partial charge on any atom is -0.462 e. The molecule has 5 heteroatoms. The third-order valence-corrected chi connectivity index (χ3v) is 2.47. The second kappa shape index (κ2) is 4.02. The summed E-state index contributed by atoms with van der Waals surface area (Å²) in [5, 5.41) is 7.56. The van der Waals surface area contributed by atoms with Crippen LogP contribution < -0.4 is 0 Å². The number of H-pyrrole nitrogens is 1. The van der Waals surface area contributed by atoms with Crippen molar-refractivity contribution in [3.8, 4) is 0 Å². The van der Waals surface area contributed by atoms with Gasteiger partial charge in [-0.1, -0.05) is 15.9 Å². The van der Waals surface area contributed by atoms with Crippen molar-refractivity contribution in [1.29, 1.82) is 0 Å². The van der Waals surface area contributed by atoms with Gasteiger partial charge in [-0.05, 0) is 19.1 Å². The van der Waals surface area contributed by atoms with E-state index in [9.17, 15) is 4.79 Å². The van der Waals surface area contributed by atoms with Gasteiger partial charge < -0.3 is 4.74 Å². The molecule has 0 spiro atoms. The molecule has 0 atom stereocenters. The molecule has 78 valence electrons. The average Bonchev–Trinajstić information content (AvgIpc) is 2.64. The normalized spacial score (nSPS) is 10.5. The predicted molar refractivity (Wildman–Crippen MR) is 59.8 cm³/mol. The van der Waals surface area contributed by atoms with Crippen LogP contribution in [-0.2, 0) is 4.74 Å². The topological polar surface area (TPSA) is 55.0 Å². The van der Waals surface area contributed by atoms with Crippen molar-refractivity contribution in [1.82, 2.24) is 10.2 Å². The summed E-state index contributed by atoms with van der Waals surface area (Å²) in [5.41, 5.74) is 1.20. The lowest BCUT2D eigenvalue weighted by Gasteiger charge is -2.03. The van der Waals surface area contributed by atoms with Gasteiger partial charge in [0.1, 0.15) is 0 Å². The second-order valence-electron chi connectivity index (χ2n) is 3.01. The summed E-state index contributed by atoms with van der Waals surface area (Å²) in [5.74, 6) is -0.340. The van der Waals surface area contributed by atoms with Crippen molar-refractivity contribution in [2.75, 3.05) is 6.61 Å². The molecule has 1 heterocycles. The van der Waals surface area contributed by atoms with Crippen LogP contribution in [0.4, 0.5) is 0 Å². The lowest BCUT2D eigenvalue weighted by atomic mass is 10.1. The first kappa shape index (κ1) is 10.2. The minimum atomic E-state index is -0.340. The van der Waals surface area contributed by atoms with Gasteiger partial charge in [0.05, 0.1) is 23.9 Å². The van der Waals surface area contributed by atoms with Gasteiger partial charge >= 0.3 is 5.97 Å². The van der Waals surface area contributed by atoms with Gasteiger partial charge in [-0.25, -0.2) is 4.79 Å². The summed E-state index contributed by atoms with van der Waals surface area (Å²) in [7, 11) is 0. The second-order valence-corrected chi connectivity index (χ2v) is 3.92. The first-order valence-corrected chi connectivity index (χ1v) is 5.31. The number of carbonyl (C=O) groups is 1. The van der Waals surface area contributed by atoms with Crippen molar-refractivity contribution in [2.45, 2.75) is 6.92 Å². The molecule has 0 aliphatic carbocycles. The molecule has 0 aliphatic heterocycles. The fourth-order valence-corrected chi connectivity index (χ4v) is 1.87. The number of nitrogens with one attached hydrogen (secondary N) is 1. The monoisotopic (exact) mass is 268 g/mol. The third-order valence-electron chi connectivity index (χ3n) is 2.01. The number of hydrogen-bond acceptors (Lipinski definition) is 3. The number of carbonyl (C=O) groups excluding carboxylic acids is 1. The molecule has 0 amide bonds. The molecule has 2 aromatic rings. The summed E-state index contributed by atoms with van der Waals surface area (Å²) in [4.78, 5) is 11.6. The van der Waals surface area contributed by atoms with Crippen LogP contribution >= 0.6 is 15.9 Å². The number of aromatic amines is 1. The van der Waals surface area contributed by atoms with Crippen LogP contribution in [0.25, 0.3) is 10.9 Å². The lowest BCUT2D eigenvalue weighted by molar-refractivity contribution is 0.0528. The number of ether oxygens (including phenoxy) is 1. The number of halogens is 1. The molecule has 0 unspecified atom stereocenters. The van der Waals surface area contributed by atoms with Gasteiger partial charge in [-0.15, -0.1) is 0 Å². The van der Waals surface area contributed by atoms with E-state index in [1.807, 2.05) is 6.07 Å². The molecular formula is C10H9BrN2O2. The summed E-state index contributed by atoms with van der Waals surface area (Å²) < 4.78 is 5.79. The Bertz CT molecular complexity index is 507. The van der Waals surface area contributed by atoms with Crippen LogP contribution in [0.3, 0.4) is 0 Å². The van der Waals surface area contributed by atoms with E-state index in [1.54, 1.807) is 19.2 Å². The van der Waals surface area contributed by atoms with Crippen LogP contribution in [0.15, 0.2) is 22.8 Å². The average molecular weight is 269 g/mol. The highest BCUT2D eigenvalue weighted by atomic mass is 79.9. The number of nitrogens with zero attached hydrogens (tertiary/aromatic N) is 1. The molecule has 1 N–H and O–H groups in total. The molecule has 1 aromatic heterocycles. The molecule has 15 heavy (non-hydrogen) atoms. The Morgan fingerprint density at radius 2 is 2.40 bits per heavy atom. The van der Waals surface area contributed by atoms with Crippen LogP contribution in [0.5, 0.6) is 0 Å². The standard InChI is InChI=1S/C10H9BrN2O2/c1-2-15-10(14)8-4-7(11)3-6-5-12-13-9(6)8/h3-5H,2H2,1H3,(H,12,13). The molecule has 0 saturated carbocycles. The van der Waals surface area contributed by atoms with Gasteiger partial charge in [0.25, 0.3) is 0 Å².